The molecule has 0 aromatic carbocycles. The number of aliphatic hydroxyl groups excluding tert-OH is 2. The van der Waals surface area contributed by atoms with E-state index >= 15 is 0 Å². The Hall–Kier alpha value is -0.600. The standard InChI is InChI=1S/C12H18O2/c13-11-7-3-1-5-9(11)10-6-2-4-8-12(10)14/h5-6,11-14H,1-4,7-8H2/t11-,12-/m1/s1. The summed E-state index contributed by atoms with van der Waals surface area (Å²) in [6.07, 6.45) is 9.38. The van der Waals surface area contributed by atoms with Crippen molar-refractivity contribution < 1.29 is 10.2 Å². The van der Waals surface area contributed by atoms with Gasteiger partial charge in [-0.15, -0.1) is 0 Å². The minimum absolute atomic E-state index is 0.345. The fourth-order valence-electron chi connectivity index (χ4n) is 2.34. The second kappa shape index (κ2) is 4.28. The highest BCUT2D eigenvalue weighted by molar-refractivity contribution is 5.38. The van der Waals surface area contributed by atoms with Crippen molar-refractivity contribution >= 4 is 0 Å². The Bertz CT molecular complexity index is 237. The van der Waals surface area contributed by atoms with Crippen LogP contribution in [0.25, 0.3) is 0 Å². The van der Waals surface area contributed by atoms with Crippen molar-refractivity contribution in [3.05, 3.63) is 23.3 Å². The minimum Gasteiger partial charge on any atom is -0.388 e. The Morgan fingerprint density at radius 1 is 0.857 bits per heavy atom. The molecule has 2 N–H and O–H groups in total. The summed E-state index contributed by atoms with van der Waals surface area (Å²) in [5.74, 6) is 0. The Balaban J connectivity index is 2.20. The van der Waals surface area contributed by atoms with E-state index in [2.05, 4.69) is 12.2 Å². The van der Waals surface area contributed by atoms with E-state index < -0.39 is 0 Å². The molecule has 0 unspecified atom stereocenters. The van der Waals surface area contributed by atoms with E-state index in [4.69, 9.17) is 0 Å². The molecule has 0 aromatic heterocycles. The summed E-state index contributed by atoms with van der Waals surface area (Å²) in [6, 6.07) is 0. The van der Waals surface area contributed by atoms with E-state index in [1.807, 2.05) is 0 Å². The predicted octanol–water partition coefficient (Wildman–Crippen LogP) is 1.93. The van der Waals surface area contributed by atoms with Crippen LogP contribution in [0.15, 0.2) is 23.3 Å². The Kier molecular flexibility index (Phi) is 3.04. The average Bonchev–Trinajstić information content (AvgIpc) is 2.20. The molecule has 2 aliphatic rings. The molecule has 0 radical (unpaired) electrons. The highest BCUT2D eigenvalue weighted by atomic mass is 16.3. The van der Waals surface area contributed by atoms with Gasteiger partial charge < -0.3 is 10.2 Å². The molecule has 2 heteroatoms. The molecule has 0 saturated carbocycles. The zero-order chi connectivity index (χ0) is 9.97. The molecular formula is C12H18O2. The monoisotopic (exact) mass is 194 g/mol. The lowest BCUT2D eigenvalue weighted by Crippen LogP contribution is -2.23. The van der Waals surface area contributed by atoms with Crippen molar-refractivity contribution in [1.29, 1.82) is 0 Å². The third kappa shape index (κ3) is 1.91. The van der Waals surface area contributed by atoms with Crippen LogP contribution in [0.5, 0.6) is 0 Å². The molecule has 0 aromatic rings. The van der Waals surface area contributed by atoms with Gasteiger partial charge in [0.05, 0.1) is 12.2 Å². The maximum atomic E-state index is 9.82. The zero-order valence-corrected chi connectivity index (χ0v) is 8.45. The molecule has 0 fully saturated rings. The van der Waals surface area contributed by atoms with Gasteiger partial charge in [-0.05, 0) is 49.7 Å². The van der Waals surface area contributed by atoms with Gasteiger partial charge in [0.25, 0.3) is 0 Å². The van der Waals surface area contributed by atoms with Gasteiger partial charge in [-0.2, -0.15) is 0 Å². The van der Waals surface area contributed by atoms with Crippen molar-refractivity contribution in [2.45, 2.75) is 50.7 Å². The number of hydrogen-bond acceptors (Lipinski definition) is 2. The van der Waals surface area contributed by atoms with Crippen molar-refractivity contribution in [3.63, 3.8) is 0 Å². The van der Waals surface area contributed by atoms with Gasteiger partial charge in [-0.3, -0.25) is 0 Å². The zero-order valence-electron chi connectivity index (χ0n) is 8.45. The van der Waals surface area contributed by atoms with Gasteiger partial charge in [-0.1, -0.05) is 12.2 Å². The van der Waals surface area contributed by atoms with E-state index in [0.29, 0.717) is 0 Å². The van der Waals surface area contributed by atoms with Crippen LogP contribution in [0.4, 0.5) is 0 Å². The van der Waals surface area contributed by atoms with Crippen LogP contribution < -0.4 is 0 Å². The highest BCUT2D eigenvalue weighted by Crippen LogP contribution is 2.31. The lowest BCUT2D eigenvalue weighted by molar-refractivity contribution is 0.166. The van der Waals surface area contributed by atoms with Gasteiger partial charge in [0.15, 0.2) is 0 Å². The Labute approximate surface area is 85.0 Å². The second-order valence-corrected chi connectivity index (χ2v) is 4.21. The number of hydrogen-bond donors (Lipinski definition) is 2. The first-order chi connectivity index (χ1) is 6.79. The molecule has 0 aliphatic heterocycles. The highest BCUT2D eigenvalue weighted by Gasteiger charge is 2.24. The molecule has 2 atom stereocenters. The molecule has 2 nitrogen and oxygen atoms in total. The van der Waals surface area contributed by atoms with Gasteiger partial charge >= 0.3 is 0 Å². The molecular weight excluding hydrogens is 176 g/mol. The lowest BCUT2D eigenvalue weighted by Gasteiger charge is -2.27. The summed E-state index contributed by atoms with van der Waals surface area (Å²) in [4.78, 5) is 0. The van der Waals surface area contributed by atoms with E-state index in [1.165, 1.54) is 0 Å². The van der Waals surface area contributed by atoms with Crippen LogP contribution in [0.2, 0.25) is 0 Å². The quantitative estimate of drug-likeness (QED) is 0.669. The van der Waals surface area contributed by atoms with Crippen LogP contribution in [-0.2, 0) is 0 Å². The lowest BCUT2D eigenvalue weighted by atomic mass is 9.84. The van der Waals surface area contributed by atoms with Gasteiger partial charge in [-0.25, -0.2) is 0 Å². The largest absolute Gasteiger partial charge is 0.388 e. The topological polar surface area (TPSA) is 40.5 Å². The van der Waals surface area contributed by atoms with Crippen LogP contribution in [0, 0.1) is 0 Å². The number of rotatable bonds is 1. The van der Waals surface area contributed by atoms with E-state index in [1.54, 1.807) is 0 Å². The van der Waals surface area contributed by atoms with Crippen molar-refractivity contribution in [2.75, 3.05) is 0 Å². The van der Waals surface area contributed by atoms with Gasteiger partial charge in [0, 0.05) is 0 Å². The maximum absolute atomic E-state index is 9.82. The van der Waals surface area contributed by atoms with Crippen LogP contribution in [0.3, 0.4) is 0 Å². The van der Waals surface area contributed by atoms with Crippen LogP contribution in [0.1, 0.15) is 38.5 Å². The normalized spacial score (nSPS) is 33.6. The smallest absolute Gasteiger partial charge is 0.0790 e. The Morgan fingerprint density at radius 3 is 1.64 bits per heavy atom. The molecule has 0 amide bonds. The SMILES string of the molecule is O[C@@H]1CCCC=C1C1=CCCC[C@H]1O. The number of aliphatic hydroxyl groups is 2. The molecule has 2 aliphatic carbocycles. The first-order valence-electron chi connectivity index (χ1n) is 5.55. The van der Waals surface area contributed by atoms with Gasteiger partial charge in [0.1, 0.15) is 0 Å². The third-order valence-corrected chi connectivity index (χ3v) is 3.14. The fraction of sp³-hybridized carbons (Fsp3) is 0.667. The molecule has 2 rings (SSSR count). The molecule has 0 saturated heterocycles. The van der Waals surface area contributed by atoms with Crippen molar-refractivity contribution in [2.24, 2.45) is 0 Å². The first-order valence-corrected chi connectivity index (χ1v) is 5.55. The van der Waals surface area contributed by atoms with Crippen LogP contribution in [-0.4, -0.2) is 22.4 Å². The molecule has 0 spiro atoms. The van der Waals surface area contributed by atoms with E-state index in [-0.39, 0.29) is 12.2 Å². The number of allylic oxidation sites excluding steroid dienone is 2. The van der Waals surface area contributed by atoms with Crippen molar-refractivity contribution in [1.82, 2.24) is 0 Å². The fourth-order valence-corrected chi connectivity index (χ4v) is 2.34. The summed E-state index contributed by atoms with van der Waals surface area (Å²) >= 11 is 0. The van der Waals surface area contributed by atoms with E-state index in [9.17, 15) is 10.2 Å². The Morgan fingerprint density at radius 2 is 1.29 bits per heavy atom. The van der Waals surface area contributed by atoms with E-state index in [0.717, 1.165) is 49.7 Å². The summed E-state index contributed by atoms with van der Waals surface area (Å²) in [6.45, 7) is 0. The third-order valence-electron chi connectivity index (χ3n) is 3.14. The predicted molar refractivity (Wildman–Crippen MR) is 55.9 cm³/mol. The molecule has 14 heavy (non-hydrogen) atoms. The maximum Gasteiger partial charge on any atom is 0.0790 e. The summed E-state index contributed by atoms with van der Waals surface area (Å²) in [7, 11) is 0. The second-order valence-electron chi connectivity index (χ2n) is 4.21. The molecule has 78 valence electrons. The molecule has 0 heterocycles. The first kappa shape index (κ1) is 9.94. The van der Waals surface area contributed by atoms with Gasteiger partial charge in [0.2, 0.25) is 0 Å². The molecule has 0 bridgehead atoms. The summed E-state index contributed by atoms with van der Waals surface area (Å²) in [5.41, 5.74) is 1.98. The summed E-state index contributed by atoms with van der Waals surface area (Å²) < 4.78 is 0. The average molecular weight is 194 g/mol. The van der Waals surface area contributed by atoms with Crippen LogP contribution >= 0.6 is 0 Å². The summed E-state index contributed by atoms with van der Waals surface area (Å²) in [5, 5.41) is 19.6. The minimum atomic E-state index is -0.345. The van der Waals surface area contributed by atoms with Crippen molar-refractivity contribution in [3.8, 4) is 0 Å².